The SMILES string of the molecule is CCCOc1cc(N2CC(OC)CC2C(=O)O)ncn1. The van der Waals surface area contributed by atoms with Crippen LogP contribution in [0.1, 0.15) is 19.8 Å². The molecule has 0 aliphatic carbocycles. The fourth-order valence-electron chi connectivity index (χ4n) is 2.23. The van der Waals surface area contributed by atoms with Crippen LogP contribution in [0.4, 0.5) is 5.82 Å². The van der Waals surface area contributed by atoms with E-state index in [0.29, 0.717) is 31.3 Å². The molecule has 20 heavy (non-hydrogen) atoms. The highest BCUT2D eigenvalue weighted by atomic mass is 16.5. The van der Waals surface area contributed by atoms with Gasteiger partial charge in [-0.3, -0.25) is 0 Å². The maximum absolute atomic E-state index is 11.3. The standard InChI is InChI=1S/C13H19N3O4/c1-3-4-20-12-6-11(14-8-15-12)16-7-9(19-2)5-10(16)13(17)18/h6,8-10H,3-5,7H2,1-2H3,(H,17,18). The van der Waals surface area contributed by atoms with E-state index in [1.165, 1.54) is 6.33 Å². The zero-order valence-corrected chi connectivity index (χ0v) is 11.7. The summed E-state index contributed by atoms with van der Waals surface area (Å²) < 4.78 is 10.7. The highest BCUT2D eigenvalue weighted by Gasteiger charge is 2.37. The number of hydrogen-bond donors (Lipinski definition) is 1. The van der Waals surface area contributed by atoms with Crippen LogP contribution in [0.3, 0.4) is 0 Å². The summed E-state index contributed by atoms with van der Waals surface area (Å²) in [7, 11) is 1.59. The third kappa shape index (κ3) is 3.16. The molecule has 0 bridgehead atoms. The van der Waals surface area contributed by atoms with Crippen molar-refractivity contribution in [2.45, 2.75) is 31.9 Å². The number of ether oxygens (including phenoxy) is 2. The Morgan fingerprint density at radius 1 is 1.55 bits per heavy atom. The first-order valence-corrected chi connectivity index (χ1v) is 6.62. The Bertz CT molecular complexity index is 469. The van der Waals surface area contributed by atoms with Crippen LogP contribution in [0.15, 0.2) is 12.4 Å². The fraction of sp³-hybridized carbons (Fsp3) is 0.615. The van der Waals surface area contributed by atoms with Crippen molar-refractivity contribution in [2.75, 3.05) is 25.2 Å². The summed E-state index contributed by atoms with van der Waals surface area (Å²) in [4.78, 5) is 21.2. The van der Waals surface area contributed by atoms with Gasteiger partial charge in [0.2, 0.25) is 5.88 Å². The molecule has 1 aromatic rings. The second kappa shape index (κ2) is 6.51. The lowest BCUT2D eigenvalue weighted by atomic mass is 10.2. The van der Waals surface area contributed by atoms with Crippen molar-refractivity contribution in [1.82, 2.24) is 9.97 Å². The molecule has 1 aromatic heterocycles. The van der Waals surface area contributed by atoms with Crippen molar-refractivity contribution in [3.05, 3.63) is 12.4 Å². The highest BCUT2D eigenvalue weighted by Crippen LogP contribution is 2.27. The number of carboxylic acids is 1. The number of aliphatic carboxylic acids is 1. The van der Waals surface area contributed by atoms with Gasteiger partial charge in [0.05, 0.1) is 12.7 Å². The summed E-state index contributed by atoms with van der Waals surface area (Å²) in [6, 6.07) is 1.04. The Hall–Kier alpha value is -1.89. The summed E-state index contributed by atoms with van der Waals surface area (Å²) in [5.74, 6) is 0.138. The van der Waals surface area contributed by atoms with Crippen LogP contribution < -0.4 is 9.64 Å². The molecule has 0 amide bonds. The number of anilines is 1. The van der Waals surface area contributed by atoms with Gasteiger partial charge in [-0.25, -0.2) is 14.8 Å². The number of aromatic nitrogens is 2. The molecular weight excluding hydrogens is 262 g/mol. The minimum absolute atomic E-state index is 0.105. The number of carboxylic acid groups (broad SMARTS) is 1. The average Bonchev–Trinajstić information content (AvgIpc) is 2.90. The van der Waals surface area contributed by atoms with E-state index in [2.05, 4.69) is 9.97 Å². The van der Waals surface area contributed by atoms with Crippen LogP contribution in [-0.4, -0.2) is 53.5 Å². The molecule has 110 valence electrons. The van der Waals surface area contributed by atoms with E-state index >= 15 is 0 Å². The lowest BCUT2D eigenvalue weighted by Gasteiger charge is -2.22. The Morgan fingerprint density at radius 2 is 2.35 bits per heavy atom. The van der Waals surface area contributed by atoms with Gasteiger partial charge >= 0.3 is 5.97 Å². The van der Waals surface area contributed by atoms with Crippen molar-refractivity contribution >= 4 is 11.8 Å². The van der Waals surface area contributed by atoms with Crippen LogP contribution in [-0.2, 0) is 9.53 Å². The van der Waals surface area contributed by atoms with E-state index < -0.39 is 12.0 Å². The molecule has 1 fully saturated rings. The molecule has 7 heteroatoms. The lowest BCUT2D eigenvalue weighted by Crippen LogP contribution is -2.36. The first kappa shape index (κ1) is 14.5. The van der Waals surface area contributed by atoms with E-state index in [9.17, 15) is 9.90 Å². The summed E-state index contributed by atoms with van der Waals surface area (Å²) in [5.41, 5.74) is 0. The zero-order chi connectivity index (χ0) is 14.5. The smallest absolute Gasteiger partial charge is 0.326 e. The molecule has 2 atom stereocenters. The fourth-order valence-corrected chi connectivity index (χ4v) is 2.23. The molecule has 7 nitrogen and oxygen atoms in total. The van der Waals surface area contributed by atoms with Gasteiger partial charge in [0, 0.05) is 26.1 Å². The van der Waals surface area contributed by atoms with E-state index in [0.717, 1.165) is 6.42 Å². The predicted molar refractivity (Wildman–Crippen MR) is 72.0 cm³/mol. The molecule has 2 heterocycles. The van der Waals surface area contributed by atoms with Crippen LogP contribution in [0.25, 0.3) is 0 Å². The second-order valence-corrected chi connectivity index (χ2v) is 4.66. The van der Waals surface area contributed by atoms with Crippen LogP contribution in [0.2, 0.25) is 0 Å². The van der Waals surface area contributed by atoms with Crippen molar-refractivity contribution < 1.29 is 19.4 Å². The van der Waals surface area contributed by atoms with Gasteiger partial charge in [-0.05, 0) is 6.42 Å². The number of nitrogens with zero attached hydrogens (tertiary/aromatic N) is 3. The largest absolute Gasteiger partial charge is 0.480 e. The van der Waals surface area contributed by atoms with Crippen molar-refractivity contribution in [3.63, 3.8) is 0 Å². The van der Waals surface area contributed by atoms with Gasteiger partial charge < -0.3 is 19.5 Å². The van der Waals surface area contributed by atoms with Gasteiger partial charge in [0.15, 0.2) is 0 Å². The summed E-state index contributed by atoms with van der Waals surface area (Å²) in [5, 5.41) is 9.30. The highest BCUT2D eigenvalue weighted by molar-refractivity contribution is 5.78. The number of hydrogen-bond acceptors (Lipinski definition) is 6. The minimum Gasteiger partial charge on any atom is -0.480 e. The first-order chi connectivity index (χ1) is 9.65. The monoisotopic (exact) mass is 281 g/mol. The minimum atomic E-state index is -0.876. The molecule has 1 aliphatic rings. The van der Waals surface area contributed by atoms with Crippen LogP contribution in [0.5, 0.6) is 5.88 Å². The van der Waals surface area contributed by atoms with Crippen molar-refractivity contribution in [2.24, 2.45) is 0 Å². The van der Waals surface area contributed by atoms with E-state index in [1.54, 1.807) is 18.1 Å². The molecular formula is C13H19N3O4. The van der Waals surface area contributed by atoms with Crippen molar-refractivity contribution in [1.29, 1.82) is 0 Å². The van der Waals surface area contributed by atoms with E-state index in [1.807, 2.05) is 6.92 Å². The second-order valence-electron chi connectivity index (χ2n) is 4.66. The molecule has 0 aromatic carbocycles. The Balaban J connectivity index is 2.18. The predicted octanol–water partition coefficient (Wildman–Crippen LogP) is 0.944. The van der Waals surface area contributed by atoms with E-state index in [-0.39, 0.29) is 6.10 Å². The Morgan fingerprint density at radius 3 is 3.00 bits per heavy atom. The number of carbonyl (C=O) groups is 1. The van der Waals surface area contributed by atoms with Crippen LogP contribution in [0, 0.1) is 0 Å². The maximum Gasteiger partial charge on any atom is 0.326 e. The molecule has 1 saturated heterocycles. The molecule has 2 rings (SSSR count). The normalized spacial score (nSPS) is 22.0. The van der Waals surface area contributed by atoms with E-state index in [4.69, 9.17) is 9.47 Å². The molecule has 2 unspecified atom stereocenters. The summed E-state index contributed by atoms with van der Waals surface area (Å²) in [6.45, 7) is 3.07. The Kier molecular flexibility index (Phi) is 4.73. The molecule has 0 radical (unpaired) electrons. The third-order valence-electron chi connectivity index (χ3n) is 3.26. The maximum atomic E-state index is 11.3. The third-order valence-corrected chi connectivity index (χ3v) is 3.26. The van der Waals surface area contributed by atoms with Gasteiger partial charge in [0.1, 0.15) is 18.2 Å². The average molecular weight is 281 g/mol. The summed E-state index contributed by atoms with van der Waals surface area (Å²) in [6.07, 6.45) is 2.61. The molecule has 1 aliphatic heterocycles. The van der Waals surface area contributed by atoms with Gasteiger partial charge in [-0.2, -0.15) is 0 Å². The number of rotatable bonds is 6. The van der Waals surface area contributed by atoms with Gasteiger partial charge in [-0.15, -0.1) is 0 Å². The Labute approximate surface area is 117 Å². The topological polar surface area (TPSA) is 84.8 Å². The van der Waals surface area contributed by atoms with Gasteiger partial charge in [-0.1, -0.05) is 6.92 Å². The quantitative estimate of drug-likeness (QED) is 0.830. The molecule has 0 spiro atoms. The van der Waals surface area contributed by atoms with Crippen molar-refractivity contribution in [3.8, 4) is 5.88 Å². The summed E-state index contributed by atoms with van der Waals surface area (Å²) >= 11 is 0. The zero-order valence-electron chi connectivity index (χ0n) is 11.7. The number of methoxy groups -OCH3 is 1. The lowest BCUT2D eigenvalue weighted by molar-refractivity contribution is -0.138. The molecule has 1 N–H and O–H groups in total. The first-order valence-electron chi connectivity index (χ1n) is 6.62. The van der Waals surface area contributed by atoms with Gasteiger partial charge in [0.25, 0.3) is 0 Å². The van der Waals surface area contributed by atoms with Crippen LogP contribution >= 0.6 is 0 Å². The molecule has 0 saturated carbocycles.